The number of nitrogens with zero attached hydrogens (tertiary/aromatic N) is 2. The number of ether oxygens (including phenoxy) is 1. The Morgan fingerprint density at radius 1 is 1.24 bits per heavy atom. The smallest absolute Gasteiger partial charge is 0.319 e. The van der Waals surface area contributed by atoms with Gasteiger partial charge in [0.05, 0.1) is 36.8 Å². The Labute approximate surface area is 196 Å². The maximum atomic E-state index is 14.4. The van der Waals surface area contributed by atoms with Crippen molar-refractivity contribution in [3.05, 3.63) is 76.3 Å². The van der Waals surface area contributed by atoms with Gasteiger partial charge in [0.2, 0.25) is 0 Å². The van der Waals surface area contributed by atoms with Gasteiger partial charge in [-0.1, -0.05) is 44.5 Å². The first-order valence-corrected chi connectivity index (χ1v) is 10.9. The molecule has 3 N–H and O–H groups in total. The second kappa shape index (κ2) is 8.78. The summed E-state index contributed by atoms with van der Waals surface area (Å²) in [4.78, 5) is 12.5. The van der Waals surface area contributed by atoms with Gasteiger partial charge >= 0.3 is 6.03 Å². The highest BCUT2D eigenvalue weighted by molar-refractivity contribution is 6.30. The Bertz CT molecular complexity index is 1180. The number of nitrogens with one attached hydrogen (secondary N) is 2. The lowest BCUT2D eigenvalue weighted by molar-refractivity contribution is -0.186. The van der Waals surface area contributed by atoms with Crippen LogP contribution in [-0.4, -0.2) is 34.1 Å². The maximum Gasteiger partial charge on any atom is 0.319 e. The van der Waals surface area contributed by atoms with E-state index in [9.17, 15) is 14.3 Å². The van der Waals surface area contributed by atoms with E-state index in [4.69, 9.17) is 21.4 Å². The topological polar surface area (TPSA) is 88.4 Å². The first-order chi connectivity index (χ1) is 15.5. The molecule has 2 aromatic carbocycles. The first-order valence-electron chi connectivity index (χ1n) is 10.6. The summed E-state index contributed by atoms with van der Waals surface area (Å²) in [6, 6.07) is 12.9. The highest BCUT2D eigenvalue weighted by Crippen LogP contribution is 2.32. The maximum absolute atomic E-state index is 14.4. The van der Waals surface area contributed by atoms with Crippen molar-refractivity contribution in [2.24, 2.45) is 0 Å². The van der Waals surface area contributed by atoms with Gasteiger partial charge in [-0.15, -0.1) is 0 Å². The normalized spacial score (nSPS) is 15.1. The summed E-state index contributed by atoms with van der Waals surface area (Å²) in [5, 5.41) is 21.0. The predicted molar refractivity (Wildman–Crippen MR) is 124 cm³/mol. The fraction of sp³-hybridized carbons (Fsp3) is 0.333. The van der Waals surface area contributed by atoms with Crippen molar-refractivity contribution in [1.82, 2.24) is 15.1 Å². The van der Waals surface area contributed by atoms with Crippen LogP contribution in [0.4, 0.5) is 14.9 Å². The van der Waals surface area contributed by atoms with Crippen molar-refractivity contribution in [2.75, 3.05) is 18.5 Å². The number of anilines is 1. The van der Waals surface area contributed by atoms with Gasteiger partial charge in [0.25, 0.3) is 0 Å². The summed E-state index contributed by atoms with van der Waals surface area (Å²) in [6.07, 6.45) is 0. The van der Waals surface area contributed by atoms with Crippen molar-refractivity contribution in [3.63, 3.8) is 0 Å². The number of carbonyl (C=O) groups excluding carboxylic acids is 1. The Morgan fingerprint density at radius 3 is 2.61 bits per heavy atom. The summed E-state index contributed by atoms with van der Waals surface area (Å²) in [7, 11) is 0. The average molecular weight is 473 g/mol. The van der Waals surface area contributed by atoms with Gasteiger partial charge in [0.1, 0.15) is 11.4 Å². The first kappa shape index (κ1) is 23.2. The van der Waals surface area contributed by atoms with Crippen LogP contribution in [0, 0.1) is 5.82 Å². The van der Waals surface area contributed by atoms with E-state index in [1.165, 1.54) is 12.1 Å². The largest absolute Gasteiger partial charge is 0.380 e. The Kier molecular flexibility index (Phi) is 6.18. The predicted octanol–water partition coefficient (Wildman–Crippen LogP) is 4.50. The van der Waals surface area contributed by atoms with Gasteiger partial charge in [-0.05, 0) is 36.4 Å². The summed E-state index contributed by atoms with van der Waals surface area (Å²) in [5.74, 6) is -0.604. The second-order valence-corrected chi connectivity index (χ2v) is 9.63. The van der Waals surface area contributed by atoms with E-state index in [-0.39, 0.29) is 36.4 Å². The van der Waals surface area contributed by atoms with Crippen molar-refractivity contribution in [3.8, 4) is 5.69 Å². The molecule has 0 saturated carbocycles. The summed E-state index contributed by atoms with van der Waals surface area (Å²) < 4.78 is 21.2. The SMILES string of the molecule is CC(C)(C)c1cc(CNC(=O)Nc2ccc(C3(O)COC3)c(F)c2)n(-c2cccc(Cl)c2)n1. The molecule has 0 spiro atoms. The number of rotatable bonds is 5. The van der Waals surface area contributed by atoms with E-state index in [1.54, 1.807) is 22.9 Å². The number of amides is 2. The van der Waals surface area contributed by atoms with E-state index in [0.717, 1.165) is 17.1 Å². The minimum absolute atomic E-state index is 0.0496. The van der Waals surface area contributed by atoms with Crippen molar-refractivity contribution in [2.45, 2.75) is 38.3 Å². The molecule has 7 nitrogen and oxygen atoms in total. The van der Waals surface area contributed by atoms with Crippen LogP contribution in [0.3, 0.4) is 0 Å². The highest BCUT2D eigenvalue weighted by Gasteiger charge is 2.40. The lowest BCUT2D eigenvalue weighted by Gasteiger charge is -2.36. The molecule has 4 rings (SSSR count). The Balaban J connectivity index is 1.48. The third-order valence-corrected chi connectivity index (χ3v) is 5.68. The van der Waals surface area contributed by atoms with Crippen LogP contribution in [0.5, 0.6) is 0 Å². The summed E-state index contributed by atoms with van der Waals surface area (Å²) in [6.45, 7) is 6.48. The zero-order valence-corrected chi connectivity index (χ0v) is 19.4. The number of hydrogen-bond acceptors (Lipinski definition) is 4. The molecule has 0 unspecified atom stereocenters. The molecule has 0 aliphatic carbocycles. The molecule has 33 heavy (non-hydrogen) atoms. The lowest BCUT2D eigenvalue weighted by Crippen LogP contribution is -2.47. The van der Waals surface area contributed by atoms with E-state index in [2.05, 4.69) is 31.4 Å². The number of hydrogen-bond donors (Lipinski definition) is 3. The molecule has 2 amide bonds. The van der Waals surface area contributed by atoms with E-state index < -0.39 is 17.4 Å². The minimum Gasteiger partial charge on any atom is -0.380 e. The fourth-order valence-corrected chi connectivity index (χ4v) is 3.70. The molecule has 1 aliphatic heterocycles. The third-order valence-electron chi connectivity index (χ3n) is 5.44. The minimum atomic E-state index is -1.31. The molecule has 174 valence electrons. The third kappa shape index (κ3) is 5.03. The van der Waals surface area contributed by atoms with Gasteiger partial charge in [-0.3, -0.25) is 0 Å². The molecule has 0 bridgehead atoms. The van der Waals surface area contributed by atoms with Crippen molar-refractivity contribution in [1.29, 1.82) is 0 Å². The summed E-state index contributed by atoms with van der Waals surface area (Å²) >= 11 is 6.15. The van der Waals surface area contributed by atoms with Crippen LogP contribution < -0.4 is 10.6 Å². The molecule has 3 aromatic rings. The van der Waals surface area contributed by atoms with Crippen LogP contribution in [-0.2, 0) is 22.3 Å². The number of aromatic nitrogens is 2. The Morgan fingerprint density at radius 2 is 2.00 bits per heavy atom. The molecule has 1 aromatic heterocycles. The average Bonchev–Trinajstić information content (AvgIpc) is 3.16. The van der Waals surface area contributed by atoms with Crippen LogP contribution in [0.1, 0.15) is 37.7 Å². The van der Waals surface area contributed by atoms with Gasteiger partial charge in [0, 0.05) is 21.7 Å². The zero-order valence-electron chi connectivity index (χ0n) is 18.7. The standard InChI is InChI=1S/C24H26ClFN4O3/c1-23(2,3)21-11-18(30(29-21)17-6-4-5-15(25)9-17)12-27-22(31)28-16-7-8-19(20(26)10-16)24(32)13-33-14-24/h4-11,32H,12-14H2,1-3H3,(H2,27,28,31). The highest BCUT2D eigenvalue weighted by atomic mass is 35.5. The number of carbonyl (C=O) groups is 1. The van der Waals surface area contributed by atoms with Crippen LogP contribution >= 0.6 is 11.6 Å². The monoisotopic (exact) mass is 472 g/mol. The van der Waals surface area contributed by atoms with Crippen LogP contribution in [0.2, 0.25) is 5.02 Å². The molecule has 1 saturated heterocycles. The molecular weight excluding hydrogens is 447 g/mol. The molecule has 1 aliphatic rings. The molecule has 0 radical (unpaired) electrons. The molecule has 2 heterocycles. The number of benzene rings is 2. The van der Waals surface area contributed by atoms with E-state index >= 15 is 0 Å². The summed E-state index contributed by atoms with van der Waals surface area (Å²) in [5.41, 5.74) is 1.35. The van der Waals surface area contributed by atoms with Gasteiger partial charge in [-0.2, -0.15) is 5.10 Å². The van der Waals surface area contributed by atoms with Gasteiger partial charge in [0.15, 0.2) is 0 Å². The van der Waals surface area contributed by atoms with E-state index in [1.807, 2.05) is 18.2 Å². The number of aliphatic hydroxyl groups is 1. The lowest BCUT2D eigenvalue weighted by atomic mass is 9.91. The van der Waals surface area contributed by atoms with Gasteiger partial charge < -0.3 is 20.5 Å². The fourth-order valence-electron chi connectivity index (χ4n) is 3.51. The van der Waals surface area contributed by atoms with Crippen LogP contribution in [0.25, 0.3) is 5.69 Å². The van der Waals surface area contributed by atoms with E-state index in [0.29, 0.717) is 5.02 Å². The second-order valence-electron chi connectivity index (χ2n) is 9.19. The quantitative estimate of drug-likeness (QED) is 0.510. The molecule has 9 heteroatoms. The van der Waals surface area contributed by atoms with Crippen molar-refractivity contribution < 1.29 is 19.0 Å². The van der Waals surface area contributed by atoms with Crippen molar-refractivity contribution >= 4 is 23.3 Å². The molecule has 1 fully saturated rings. The molecule has 0 atom stereocenters. The van der Waals surface area contributed by atoms with Crippen LogP contribution in [0.15, 0.2) is 48.5 Å². The van der Waals surface area contributed by atoms with Gasteiger partial charge in [-0.25, -0.2) is 13.9 Å². The Hall–Kier alpha value is -2.94. The zero-order chi connectivity index (χ0) is 23.8. The molecular formula is C24H26ClFN4O3. The number of halogens is 2. The number of urea groups is 1.